The fourth-order valence-corrected chi connectivity index (χ4v) is 5.53. The van der Waals surface area contributed by atoms with Gasteiger partial charge in [0.15, 0.2) is 4.96 Å². The lowest BCUT2D eigenvalue weighted by Crippen LogP contribution is -2.15. The summed E-state index contributed by atoms with van der Waals surface area (Å²) in [5.74, 6) is -0.441. The number of carbonyl (C=O) groups is 1. The number of hydrogen-bond donors (Lipinski definition) is 0. The van der Waals surface area contributed by atoms with Crippen LogP contribution in [0.3, 0.4) is 0 Å². The van der Waals surface area contributed by atoms with Gasteiger partial charge < -0.3 is 4.74 Å². The van der Waals surface area contributed by atoms with Gasteiger partial charge in [0.1, 0.15) is 6.61 Å². The Hall–Kier alpha value is -3.07. The number of thiazole rings is 1. The molecule has 0 radical (unpaired) electrons. The number of benzene rings is 1. The zero-order valence-corrected chi connectivity index (χ0v) is 17.9. The predicted octanol–water partition coefficient (Wildman–Crippen LogP) is 5.32. The molecule has 0 aliphatic carbocycles. The Bertz CT molecular complexity index is 1430. The van der Waals surface area contributed by atoms with Crippen molar-refractivity contribution in [3.63, 3.8) is 0 Å². The van der Waals surface area contributed by atoms with Gasteiger partial charge in [0.05, 0.1) is 21.5 Å². The molecule has 0 saturated heterocycles. The van der Waals surface area contributed by atoms with Gasteiger partial charge in [0.25, 0.3) is 5.56 Å². The average molecular weight is 451 g/mol. The lowest BCUT2D eigenvalue weighted by atomic mass is 10.2. The van der Waals surface area contributed by atoms with E-state index in [9.17, 15) is 9.59 Å². The summed E-state index contributed by atoms with van der Waals surface area (Å²) in [6.07, 6.45) is 1.83. The summed E-state index contributed by atoms with van der Waals surface area (Å²) < 4.78 is 8.10. The molecule has 1 aromatic carbocycles. The lowest BCUT2D eigenvalue weighted by molar-refractivity contribution is -0.137. The van der Waals surface area contributed by atoms with Crippen LogP contribution in [0.4, 0.5) is 0 Å². The summed E-state index contributed by atoms with van der Waals surface area (Å²) in [4.78, 5) is 32.4. The van der Waals surface area contributed by atoms with Crippen LogP contribution < -0.4 is 5.56 Å². The minimum absolute atomic E-state index is 0.0635. The number of carbonyl (C=O) groups excluding carboxylic acids is 1. The SMILES string of the molecule is O=C(OCc1cc(=O)n2c(n1)sc1ccccc12)/C(=C/c1cccs1)c1cccs1. The van der Waals surface area contributed by atoms with Gasteiger partial charge in [-0.2, -0.15) is 0 Å². The highest BCUT2D eigenvalue weighted by atomic mass is 32.1. The second-order valence-electron chi connectivity index (χ2n) is 6.40. The first-order valence-corrected chi connectivity index (χ1v) is 11.6. The molecule has 30 heavy (non-hydrogen) atoms. The molecule has 0 N–H and O–H groups in total. The second kappa shape index (κ2) is 7.98. The number of hydrogen-bond acceptors (Lipinski definition) is 7. The fraction of sp³-hybridized carbons (Fsp3) is 0.0455. The van der Waals surface area contributed by atoms with Crippen LogP contribution in [-0.4, -0.2) is 15.4 Å². The Morgan fingerprint density at radius 3 is 2.70 bits per heavy atom. The van der Waals surface area contributed by atoms with Gasteiger partial charge in [-0.15, -0.1) is 22.7 Å². The molecule has 5 nitrogen and oxygen atoms in total. The van der Waals surface area contributed by atoms with Crippen molar-refractivity contribution in [2.24, 2.45) is 0 Å². The number of esters is 1. The van der Waals surface area contributed by atoms with Crippen LogP contribution in [0.15, 0.2) is 70.2 Å². The molecular formula is C22H14N2O3S3. The third kappa shape index (κ3) is 3.60. The molecule has 0 unspecified atom stereocenters. The van der Waals surface area contributed by atoms with E-state index in [2.05, 4.69) is 4.98 Å². The van der Waals surface area contributed by atoms with Gasteiger partial charge in [0, 0.05) is 15.8 Å². The summed E-state index contributed by atoms with van der Waals surface area (Å²) in [5, 5.41) is 3.88. The van der Waals surface area contributed by atoms with E-state index >= 15 is 0 Å². The molecule has 0 amide bonds. The lowest BCUT2D eigenvalue weighted by Gasteiger charge is -2.07. The molecule has 148 valence electrons. The van der Waals surface area contributed by atoms with E-state index < -0.39 is 5.97 Å². The minimum atomic E-state index is -0.441. The molecule has 0 bridgehead atoms. The summed E-state index contributed by atoms with van der Waals surface area (Å²) in [7, 11) is 0. The van der Waals surface area contributed by atoms with Crippen molar-refractivity contribution in [1.29, 1.82) is 0 Å². The Morgan fingerprint density at radius 2 is 1.90 bits per heavy atom. The van der Waals surface area contributed by atoms with E-state index in [0.29, 0.717) is 16.2 Å². The molecule has 0 spiro atoms. The quantitative estimate of drug-likeness (QED) is 0.269. The number of aromatic nitrogens is 2. The molecule has 8 heteroatoms. The van der Waals surface area contributed by atoms with Crippen LogP contribution >= 0.6 is 34.0 Å². The first-order chi connectivity index (χ1) is 14.7. The van der Waals surface area contributed by atoms with Crippen molar-refractivity contribution in [2.75, 3.05) is 0 Å². The highest BCUT2D eigenvalue weighted by Gasteiger charge is 2.17. The summed E-state index contributed by atoms with van der Waals surface area (Å²) in [6.45, 7) is -0.0635. The third-order valence-electron chi connectivity index (χ3n) is 4.44. The summed E-state index contributed by atoms with van der Waals surface area (Å²) in [5.41, 5.74) is 1.57. The first-order valence-electron chi connectivity index (χ1n) is 9.05. The van der Waals surface area contributed by atoms with Gasteiger partial charge in [-0.3, -0.25) is 9.20 Å². The Balaban J connectivity index is 1.43. The Morgan fingerprint density at radius 1 is 1.07 bits per heavy atom. The van der Waals surface area contributed by atoms with E-state index in [-0.39, 0.29) is 12.2 Å². The van der Waals surface area contributed by atoms with Crippen LogP contribution in [-0.2, 0) is 16.1 Å². The molecule has 0 aliphatic heterocycles. The van der Waals surface area contributed by atoms with E-state index in [0.717, 1.165) is 20.0 Å². The number of para-hydroxylation sites is 1. The number of fused-ring (bicyclic) bond motifs is 3. The maximum absolute atomic E-state index is 12.8. The number of thiophene rings is 2. The van der Waals surface area contributed by atoms with Crippen molar-refractivity contribution in [3.8, 4) is 0 Å². The monoisotopic (exact) mass is 450 g/mol. The first kappa shape index (κ1) is 18.9. The molecule has 0 aliphatic rings. The van der Waals surface area contributed by atoms with E-state index in [1.54, 1.807) is 15.7 Å². The van der Waals surface area contributed by atoms with E-state index in [1.165, 1.54) is 28.7 Å². The number of ether oxygens (including phenoxy) is 1. The summed E-state index contributed by atoms with van der Waals surface area (Å²) in [6, 6.07) is 16.8. The van der Waals surface area contributed by atoms with Crippen LogP contribution in [0.5, 0.6) is 0 Å². The maximum Gasteiger partial charge on any atom is 0.340 e. The molecule has 0 atom stereocenters. The fourth-order valence-electron chi connectivity index (χ4n) is 3.09. The number of rotatable bonds is 5. The van der Waals surface area contributed by atoms with Crippen molar-refractivity contribution in [2.45, 2.75) is 6.61 Å². The molecule has 5 aromatic rings. The highest BCUT2D eigenvalue weighted by Crippen LogP contribution is 2.27. The van der Waals surface area contributed by atoms with Crippen LogP contribution in [0, 0.1) is 0 Å². The molecule has 5 rings (SSSR count). The van der Waals surface area contributed by atoms with Crippen LogP contribution in [0.2, 0.25) is 0 Å². The molecular weight excluding hydrogens is 436 g/mol. The Labute approximate surface area is 183 Å². The average Bonchev–Trinajstić information content (AvgIpc) is 3.50. The molecule has 4 aromatic heterocycles. The van der Waals surface area contributed by atoms with Crippen LogP contribution in [0.25, 0.3) is 26.8 Å². The molecule has 4 heterocycles. The molecule has 0 fully saturated rings. The van der Waals surface area contributed by atoms with Crippen LogP contribution in [0.1, 0.15) is 15.4 Å². The smallest absolute Gasteiger partial charge is 0.340 e. The zero-order chi connectivity index (χ0) is 20.5. The topological polar surface area (TPSA) is 60.7 Å². The standard InChI is InChI=1S/C22H14N2O3S3/c25-20-11-14(23-22-24(20)17-6-1-2-7-19(17)30-22)13-27-21(26)16(18-8-4-10-29-18)12-15-5-3-9-28-15/h1-12H,13H2/b16-12+. The third-order valence-corrected chi connectivity index (χ3v) is 7.18. The normalized spacial score (nSPS) is 11.9. The summed E-state index contributed by atoms with van der Waals surface area (Å²) >= 11 is 4.46. The van der Waals surface area contributed by atoms with Crippen molar-refractivity contribution < 1.29 is 9.53 Å². The predicted molar refractivity (Wildman–Crippen MR) is 123 cm³/mol. The largest absolute Gasteiger partial charge is 0.456 e. The van der Waals surface area contributed by atoms with Gasteiger partial charge in [-0.05, 0) is 41.1 Å². The van der Waals surface area contributed by atoms with Crippen molar-refractivity contribution >= 4 is 66.8 Å². The number of nitrogens with zero attached hydrogens (tertiary/aromatic N) is 2. The van der Waals surface area contributed by atoms with Gasteiger partial charge in [-0.1, -0.05) is 35.6 Å². The van der Waals surface area contributed by atoms with E-state index in [1.807, 2.05) is 65.4 Å². The van der Waals surface area contributed by atoms with Gasteiger partial charge in [-0.25, -0.2) is 9.78 Å². The van der Waals surface area contributed by atoms with Gasteiger partial charge >= 0.3 is 5.97 Å². The van der Waals surface area contributed by atoms with Crippen molar-refractivity contribution in [1.82, 2.24) is 9.38 Å². The van der Waals surface area contributed by atoms with E-state index in [4.69, 9.17) is 4.74 Å². The van der Waals surface area contributed by atoms with Gasteiger partial charge in [0.2, 0.25) is 0 Å². The second-order valence-corrected chi connectivity index (χ2v) is 9.34. The minimum Gasteiger partial charge on any atom is -0.456 e. The Kier molecular flexibility index (Phi) is 5.04. The highest BCUT2D eigenvalue weighted by molar-refractivity contribution is 7.23. The van der Waals surface area contributed by atoms with Crippen molar-refractivity contribution in [3.05, 3.63) is 91.2 Å². The maximum atomic E-state index is 12.8. The zero-order valence-electron chi connectivity index (χ0n) is 15.5. The molecule has 0 saturated carbocycles.